The van der Waals surface area contributed by atoms with E-state index in [1.54, 1.807) is 11.3 Å². The van der Waals surface area contributed by atoms with Crippen LogP contribution in [0.1, 0.15) is 25.6 Å². The van der Waals surface area contributed by atoms with Crippen LogP contribution in [0.2, 0.25) is 18.1 Å². The van der Waals surface area contributed by atoms with Gasteiger partial charge in [0.2, 0.25) is 0 Å². The van der Waals surface area contributed by atoms with Gasteiger partial charge in [-0.3, -0.25) is 0 Å². The average Bonchev–Trinajstić information content (AvgIpc) is 2.46. The van der Waals surface area contributed by atoms with E-state index in [1.807, 2.05) is 6.20 Å². The summed E-state index contributed by atoms with van der Waals surface area (Å²) < 4.78 is 7.36. The topological polar surface area (TPSA) is 22.1 Å². The molecule has 16 heavy (non-hydrogen) atoms. The van der Waals surface area contributed by atoms with Crippen LogP contribution >= 0.6 is 28.3 Å². The molecule has 1 heterocycles. The third kappa shape index (κ3) is 4.65. The van der Waals surface area contributed by atoms with Gasteiger partial charge in [0.05, 0.1) is 0 Å². The molecule has 0 atom stereocenters. The molecular formula is C10H19BrNOSSiZn. The second kappa shape index (κ2) is 6.19. The summed E-state index contributed by atoms with van der Waals surface area (Å²) in [6.45, 7) is 12.1. The fourth-order valence-electron chi connectivity index (χ4n) is 0.883. The van der Waals surface area contributed by atoms with Crippen LogP contribution in [-0.4, -0.2) is 13.3 Å². The quantitative estimate of drug-likeness (QED) is 0.756. The van der Waals surface area contributed by atoms with Crippen molar-refractivity contribution in [3.8, 4) is 0 Å². The van der Waals surface area contributed by atoms with E-state index in [2.05, 4.69) is 38.8 Å². The molecule has 2 nitrogen and oxygen atoms in total. The Hall–Kier alpha value is 0.910. The Bertz CT molecular complexity index is 338. The van der Waals surface area contributed by atoms with Gasteiger partial charge in [0, 0.05) is 0 Å². The number of thiazole rings is 1. The third-order valence-corrected chi connectivity index (χ3v) is 9.58. The molecule has 0 saturated heterocycles. The number of hydrogen-bond acceptors (Lipinski definition) is 3. The molecule has 0 bridgehead atoms. The molecular weight excluding hydrogens is 356 g/mol. The van der Waals surface area contributed by atoms with Crippen LogP contribution in [0, 0.1) is 0 Å². The molecule has 0 amide bonds. The molecule has 1 rings (SSSR count). The standard InChI is InChI=1S/C10H18NOSSi.BrH.Zn/c1-10(2,3)14(4,5)12-7-9-6-11-8-13-9;;/h6H,7H2,1-5H3;1H;. The normalized spacial score (nSPS) is 12.4. The predicted molar refractivity (Wildman–Crippen MR) is 74.1 cm³/mol. The van der Waals surface area contributed by atoms with Crippen molar-refractivity contribution in [2.45, 2.75) is 45.5 Å². The average molecular weight is 375 g/mol. The molecule has 0 aliphatic carbocycles. The second-order valence-corrected chi connectivity index (χ2v) is 13.8. The molecule has 0 unspecified atom stereocenters. The van der Waals surface area contributed by atoms with Gasteiger partial charge in [-0.2, -0.15) is 0 Å². The van der Waals surface area contributed by atoms with Crippen molar-refractivity contribution < 1.29 is 22.7 Å². The van der Waals surface area contributed by atoms with E-state index in [0.29, 0.717) is 5.04 Å². The monoisotopic (exact) mass is 372 g/mol. The first-order valence-corrected chi connectivity index (χ1v) is 10.3. The first-order chi connectivity index (χ1) is 6.72. The minimum atomic E-state index is -1.59. The summed E-state index contributed by atoms with van der Waals surface area (Å²) in [4.78, 5) is 5.55. The second-order valence-electron chi connectivity index (χ2n) is 5.27. The van der Waals surface area contributed by atoms with Crippen molar-refractivity contribution >= 4 is 40.2 Å². The Balaban J connectivity index is 0.00000225. The molecule has 89 valence electrons. The molecule has 0 fully saturated rings. The minimum absolute atomic E-state index is 0. The molecule has 0 radical (unpaired) electrons. The molecule has 0 aromatic carbocycles. The third-order valence-electron chi connectivity index (χ3n) is 2.98. The molecule has 0 aliphatic rings. The summed E-state index contributed by atoms with van der Waals surface area (Å²) in [5, 5.41) is 0.292. The Labute approximate surface area is 124 Å². The van der Waals surface area contributed by atoms with E-state index in [0.717, 1.165) is 24.9 Å². The number of hydrogen-bond donors (Lipinski definition) is 0. The SMILES string of the molecule is Br.CC(C)(C)[Si](C)(C)OCc1cn[c]([Zn])s1. The Morgan fingerprint density at radius 1 is 1.44 bits per heavy atom. The zero-order chi connectivity index (χ0) is 11.7. The molecule has 0 saturated carbocycles. The van der Waals surface area contributed by atoms with Gasteiger partial charge in [-0.15, -0.1) is 17.0 Å². The fourth-order valence-corrected chi connectivity index (χ4v) is 3.93. The Kier molecular flexibility index (Phi) is 6.54. The van der Waals surface area contributed by atoms with Crippen LogP contribution in [0.5, 0.6) is 0 Å². The van der Waals surface area contributed by atoms with E-state index >= 15 is 0 Å². The van der Waals surface area contributed by atoms with Gasteiger partial charge in [0.15, 0.2) is 0 Å². The predicted octanol–water partition coefficient (Wildman–Crippen LogP) is 3.41. The van der Waals surface area contributed by atoms with Crippen molar-refractivity contribution in [2.75, 3.05) is 0 Å². The van der Waals surface area contributed by atoms with Crippen LogP contribution in [0.25, 0.3) is 0 Å². The van der Waals surface area contributed by atoms with Gasteiger partial charge in [-0.25, -0.2) is 0 Å². The van der Waals surface area contributed by atoms with E-state index in [9.17, 15) is 0 Å². The van der Waals surface area contributed by atoms with Gasteiger partial charge in [0.1, 0.15) is 0 Å². The first-order valence-electron chi connectivity index (χ1n) is 5.13. The number of nitrogens with zero attached hydrogens (tertiary/aromatic N) is 1. The van der Waals surface area contributed by atoms with Crippen molar-refractivity contribution in [3.05, 3.63) is 11.1 Å². The summed E-state index contributed by atoms with van der Waals surface area (Å²) >= 11 is 2.92. The van der Waals surface area contributed by atoms with Crippen molar-refractivity contribution in [2.24, 2.45) is 0 Å². The number of aromatic nitrogens is 1. The van der Waals surface area contributed by atoms with Gasteiger partial charge in [0.25, 0.3) is 0 Å². The van der Waals surface area contributed by atoms with Crippen molar-refractivity contribution in [3.63, 3.8) is 0 Å². The summed E-state index contributed by atoms with van der Waals surface area (Å²) in [6.07, 6.45) is 1.96. The van der Waals surface area contributed by atoms with Crippen LogP contribution in [0.3, 0.4) is 0 Å². The van der Waals surface area contributed by atoms with Crippen LogP contribution in [0.4, 0.5) is 0 Å². The maximum atomic E-state index is 6.12. The van der Waals surface area contributed by atoms with Gasteiger partial charge >= 0.3 is 108 Å². The van der Waals surface area contributed by atoms with E-state index < -0.39 is 8.32 Å². The van der Waals surface area contributed by atoms with Crippen LogP contribution in [-0.2, 0) is 29.3 Å². The summed E-state index contributed by atoms with van der Waals surface area (Å²) in [6, 6.07) is 0. The zero-order valence-electron chi connectivity index (χ0n) is 10.7. The number of rotatable bonds is 3. The maximum absolute atomic E-state index is 6.12. The van der Waals surface area contributed by atoms with Gasteiger partial charge in [-0.05, 0) is 0 Å². The summed E-state index contributed by atoms with van der Waals surface area (Å²) in [5.74, 6) is 0. The Morgan fingerprint density at radius 3 is 2.38 bits per heavy atom. The van der Waals surface area contributed by atoms with E-state index in [1.165, 1.54) is 8.48 Å². The molecule has 1 aromatic rings. The van der Waals surface area contributed by atoms with Crippen molar-refractivity contribution in [1.29, 1.82) is 0 Å². The first kappa shape index (κ1) is 16.9. The van der Waals surface area contributed by atoms with Crippen LogP contribution in [0.15, 0.2) is 6.20 Å². The Morgan fingerprint density at radius 2 is 2.00 bits per heavy atom. The number of halogens is 1. The van der Waals surface area contributed by atoms with E-state index in [-0.39, 0.29) is 17.0 Å². The van der Waals surface area contributed by atoms with E-state index in [4.69, 9.17) is 4.43 Å². The van der Waals surface area contributed by atoms with Crippen LogP contribution < -0.4 is 3.60 Å². The zero-order valence-corrected chi connectivity index (χ0v) is 17.2. The summed E-state index contributed by atoms with van der Waals surface area (Å²) in [7, 11) is -1.59. The summed E-state index contributed by atoms with van der Waals surface area (Å²) in [5.41, 5.74) is 0. The molecule has 1 aromatic heterocycles. The van der Waals surface area contributed by atoms with Crippen molar-refractivity contribution in [1.82, 2.24) is 4.98 Å². The molecule has 0 spiro atoms. The van der Waals surface area contributed by atoms with Gasteiger partial charge < -0.3 is 0 Å². The molecule has 6 heteroatoms. The van der Waals surface area contributed by atoms with Gasteiger partial charge in [-0.1, -0.05) is 0 Å². The fraction of sp³-hybridized carbons (Fsp3) is 0.700. The molecule has 0 N–H and O–H groups in total. The molecule has 0 aliphatic heterocycles.